The third-order valence-corrected chi connectivity index (χ3v) is 4.93. The lowest BCUT2D eigenvalue weighted by Gasteiger charge is -2.14. The van der Waals surface area contributed by atoms with E-state index in [1.807, 2.05) is 66.0 Å². The topological polar surface area (TPSA) is 79.3 Å². The maximum atomic E-state index is 12.6. The first-order valence-corrected chi connectivity index (χ1v) is 9.53. The Bertz CT molecular complexity index is 894. The molecule has 0 aliphatic heterocycles. The average molecular weight is 380 g/mol. The molecule has 6 heteroatoms. The van der Waals surface area contributed by atoms with Crippen LogP contribution in [0.2, 0.25) is 0 Å². The second-order valence-corrected chi connectivity index (χ2v) is 7.14. The van der Waals surface area contributed by atoms with Gasteiger partial charge in [-0.25, -0.2) is 4.98 Å². The molecule has 138 valence electrons. The highest BCUT2D eigenvalue weighted by Gasteiger charge is 2.23. The van der Waals surface area contributed by atoms with Crippen LogP contribution in [0.1, 0.15) is 23.2 Å². The van der Waals surface area contributed by atoms with Crippen molar-refractivity contribution >= 4 is 28.3 Å². The number of nitrogens with one attached hydrogen (secondary N) is 1. The van der Waals surface area contributed by atoms with E-state index in [-0.39, 0.29) is 12.3 Å². The Morgan fingerprint density at radius 1 is 1.00 bits per heavy atom. The van der Waals surface area contributed by atoms with Crippen LogP contribution in [0.25, 0.3) is 0 Å². The maximum Gasteiger partial charge on any atom is 0.304 e. The van der Waals surface area contributed by atoms with Crippen LogP contribution in [0.4, 0.5) is 5.13 Å². The predicted molar refractivity (Wildman–Crippen MR) is 106 cm³/mol. The normalized spacial score (nSPS) is 11.7. The highest BCUT2D eigenvalue weighted by atomic mass is 32.1. The number of carboxylic acids is 1. The number of hydrogen-bond acceptors (Lipinski definition) is 4. The lowest BCUT2D eigenvalue weighted by atomic mass is 9.95. The first kappa shape index (κ1) is 18.8. The van der Waals surface area contributed by atoms with E-state index in [9.17, 15) is 9.59 Å². The van der Waals surface area contributed by atoms with E-state index in [1.54, 1.807) is 0 Å². The first-order valence-electron chi connectivity index (χ1n) is 8.65. The number of benzene rings is 2. The zero-order chi connectivity index (χ0) is 19.1. The number of aromatic nitrogens is 1. The lowest BCUT2D eigenvalue weighted by Crippen LogP contribution is -2.27. The Balaban J connectivity index is 1.65. The summed E-state index contributed by atoms with van der Waals surface area (Å²) in [7, 11) is 0. The summed E-state index contributed by atoms with van der Waals surface area (Å²) in [5.41, 5.74) is 2.95. The van der Waals surface area contributed by atoms with E-state index in [4.69, 9.17) is 5.11 Å². The Hall–Kier alpha value is -2.99. The molecule has 27 heavy (non-hydrogen) atoms. The number of carbonyl (C=O) groups is 2. The molecule has 1 atom stereocenters. The quantitative estimate of drug-likeness (QED) is 0.619. The zero-order valence-electron chi connectivity index (χ0n) is 14.7. The van der Waals surface area contributed by atoms with Crippen molar-refractivity contribution in [3.63, 3.8) is 0 Å². The Morgan fingerprint density at radius 2 is 1.63 bits per heavy atom. The number of nitrogens with zero attached hydrogens (tertiary/aromatic N) is 1. The number of carbonyl (C=O) groups excluding carboxylic acids is 1. The van der Waals surface area contributed by atoms with E-state index in [1.165, 1.54) is 11.3 Å². The van der Waals surface area contributed by atoms with Gasteiger partial charge in [0.25, 0.3) is 0 Å². The Labute approximate surface area is 161 Å². The van der Waals surface area contributed by atoms with E-state index in [0.29, 0.717) is 18.0 Å². The highest BCUT2D eigenvalue weighted by Crippen LogP contribution is 2.21. The van der Waals surface area contributed by atoms with Gasteiger partial charge in [0.05, 0.1) is 18.0 Å². The molecule has 0 aliphatic carbocycles. The summed E-state index contributed by atoms with van der Waals surface area (Å²) in [4.78, 5) is 28.2. The third kappa shape index (κ3) is 5.76. The summed E-state index contributed by atoms with van der Waals surface area (Å²) in [6.45, 7) is 0. The van der Waals surface area contributed by atoms with Gasteiger partial charge in [-0.3, -0.25) is 9.59 Å². The molecular weight excluding hydrogens is 360 g/mol. The lowest BCUT2D eigenvalue weighted by molar-refractivity contribution is -0.140. The number of rotatable bonds is 8. The van der Waals surface area contributed by atoms with Gasteiger partial charge in [0, 0.05) is 11.8 Å². The SMILES string of the molecule is O=C(O)CC(Cc1ccccc1)C(=O)Nc1nc(Cc2ccccc2)cs1. The van der Waals surface area contributed by atoms with Crippen LogP contribution >= 0.6 is 11.3 Å². The van der Waals surface area contributed by atoms with Crippen LogP contribution in [0.15, 0.2) is 66.0 Å². The molecule has 5 nitrogen and oxygen atoms in total. The fourth-order valence-corrected chi connectivity index (χ4v) is 3.54. The molecule has 1 aromatic heterocycles. The standard InChI is InChI=1S/C21H20N2O3S/c24-19(25)13-17(11-15-7-3-1-4-8-15)20(26)23-21-22-18(14-27-21)12-16-9-5-2-6-10-16/h1-10,14,17H,11-13H2,(H,24,25)(H,22,23,26). The molecule has 0 bridgehead atoms. The van der Waals surface area contributed by atoms with Gasteiger partial charge in [-0.05, 0) is 17.5 Å². The fourth-order valence-electron chi connectivity index (χ4n) is 2.82. The number of amides is 1. The molecule has 2 N–H and O–H groups in total. The molecule has 0 saturated carbocycles. The molecule has 1 heterocycles. The van der Waals surface area contributed by atoms with Crippen molar-refractivity contribution in [2.24, 2.45) is 5.92 Å². The molecule has 0 fully saturated rings. The van der Waals surface area contributed by atoms with Gasteiger partial charge in [0.15, 0.2) is 5.13 Å². The Morgan fingerprint density at radius 3 is 2.26 bits per heavy atom. The molecule has 2 aromatic carbocycles. The largest absolute Gasteiger partial charge is 0.481 e. The van der Waals surface area contributed by atoms with Crippen molar-refractivity contribution in [3.8, 4) is 0 Å². The van der Waals surface area contributed by atoms with E-state index < -0.39 is 11.9 Å². The Kier molecular flexibility index (Phi) is 6.33. The molecule has 0 saturated heterocycles. The molecule has 3 rings (SSSR count). The molecule has 0 spiro atoms. The second-order valence-electron chi connectivity index (χ2n) is 6.28. The van der Waals surface area contributed by atoms with Gasteiger partial charge >= 0.3 is 5.97 Å². The van der Waals surface area contributed by atoms with Crippen LogP contribution in [-0.2, 0) is 22.4 Å². The van der Waals surface area contributed by atoms with Gasteiger partial charge in [-0.15, -0.1) is 11.3 Å². The molecular formula is C21H20N2O3S. The summed E-state index contributed by atoms with van der Waals surface area (Å²) in [6, 6.07) is 19.4. The van der Waals surface area contributed by atoms with E-state index in [2.05, 4.69) is 10.3 Å². The zero-order valence-corrected chi connectivity index (χ0v) is 15.5. The summed E-state index contributed by atoms with van der Waals surface area (Å²) in [5, 5.41) is 14.3. The highest BCUT2D eigenvalue weighted by molar-refractivity contribution is 7.13. The van der Waals surface area contributed by atoms with Crippen LogP contribution in [0, 0.1) is 5.92 Å². The summed E-state index contributed by atoms with van der Waals surface area (Å²) in [5.74, 6) is -1.96. The third-order valence-electron chi connectivity index (χ3n) is 4.13. The molecule has 0 aliphatic rings. The van der Waals surface area contributed by atoms with Crippen molar-refractivity contribution in [1.82, 2.24) is 4.98 Å². The van der Waals surface area contributed by atoms with Gasteiger partial charge in [0.1, 0.15) is 0 Å². The van der Waals surface area contributed by atoms with Crippen molar-refractivity contribution < 1.29 is 14.7 Å². The van der Waals surface area contributed by atoms with Crippen LogP contribution < -0.4 is 5.32 Å². The van der Waals surface area contributed by atoms with Gasteiger partial charge in [0.2, 0.25) is 5.91 Å². The molecule has 1 amide bonds. The number of carboxylic acid groups (broad SMARTS) is 1. The van der Waals surface area contributed by atoms with Crippen LogP contribution in [0.5, 0.6) is 0 Å². The smallest absolute Gasteiger partial charge is 0.304 e. The van der Waals surface area contributed by atoms with Crippen LogP contribution in [0.3, 0.4) is 0 Å². The van der Waals surface area contributed by atoms with Crippen molar-refractivity contribution in [2.45, 2.75) is 19.3 Å². The minimum atomic E-state index is -0.991. The van der Waals surface area contributed by atoms with Crippen molar-refractivity contribution in [2.75, 3.05) is 5.32 Å². The van der Waals surface area contributed by atoms with Gasteiger partial charge < -0.3 is 10.4 Å². The summed E-state index contributed by atoms with van der Waals surface area (Å²) >= 11 is 1.35. The first-order chi connectivity index (χ1) is 13.1. The van der Waals surface area contributed by atoms with E-state index in [0.717, 1.165) is 16.8 Å². The molecule has 3 aromatic rings. The number of hydrogen-bond donors (Lipinski definition) is 2. The molecule has 0 radical (unpaired) electrons. The predicted octanol–water partition coefficient (Wildman–Crippen LogP) is 4.01. The summed E-state index contributed by atoms with van der Waals surface area (Å²) in [6.07, 6.45) is 0.847. The monoisotopic (exact) mass is 380 g/mol. The number of anilines is 1. The van der Waals surface area contributed by atoms with Crippen molar-refractivity contribution in [1.29, 1.82) is 0 Å². The van der Waals surface area contributed by atoms with Gasteiger partial charge in [-0.2, -0.15) is 0 Å². The number of aliphatic carboxylic acids is 1. The fraction of sp³-hybridized carbons (Fsp3) is 0.190. The van der Waals surface area contributed by atoms with E-state index >= 15 is 0 Å². The van der Waals surface area contributed by atoms with Gasteiger partial charge in [-0.1, -0.05) is 60.7 Å². The average Bonchev–Trinajstić information content (AvgIpc) is 3.09. The van der Waals surface area contributed by atoms with Crippen molar-refractivity contribution in [3.05, 3.63) is 82.9 Å². The minimum Gasteiger partial charge on any atom is -0.481 e. The summed E-state index contributed by atoms with van der Waals surface area (Å²) < 4.78 is 0. The second kappa shape index (κ2) is 9.09. The van der Waals surface area contributed by atoms with Crippen LogP contribution in [-0.4, -0.2) is 22.0 Å². The molecule has 1 unspecified atom stereocenters. The minimum absolute atomic E-state index is 0.219. The maximum absolute atomic E-state index is 12.6. The number of thiazole rings is 1.